The molecule has 13 heteroatoms. The lowest BCUT2D eigenvalue weighted by Crippen LogP contribution is -2.26. The monoisotopic (exact) mass is 421 g/mol. The van der Waals surface area contributed by atoms with Crippen molar-refractivity contribution in [3.63, 3.8) is 0 Å². The first-order valence-electron chi connectivity index (χ1n) is 8.27. The standard InChI is InChI=1S/C14H21ClN5O6P/c1-7(2)17-12-8-4-16-20(13(8)19-14(15)18-12)11-3-9(21)10(26-11)5-25-6-27(22,23)24/h4,7,9-11,21H,3,5-6H2,1-2H3,(H,17,18,19)(H2,22,23,24)/t9-,10+,11+/m0/s1. The van der Waals surface area contributed by atoms with Gasteiger partial charge in [0, 0.05) is 12.5 Å². The summed E-state index contributed by atoms with van der Waals surface area (Å²) in [4.78, 5) is 26.0. The molecule has 2 aromatic rings. The predicted molar refractivity (Wildman–Crippen MR) is 96.5 cm³/mol. The highest BCUT2D eigenvalue weighted by atomic mass is 35.5. The van der Waals surface area contributed by atoms with Crippen molar-refractivity contribution in [1.82, 2.24) is 19.7 Å². The number of hydrogen-bond acceptors (Lipinski definition) is 8. The molecule has 2 aromatic heterocycles. The molecule has 0 radical (unpaired) electrons. The van der Waals surface area contributed by atoms with Crippen LogP contribution >= 0.6 is 19.2 Å². The first kappa shape index (κ1) is 20.4. The van der Waals surface area contributed by atoms with Crippen LogP contribution in [-0.4, -0.2) is 65.8 Å². The topological polar surface area (TPSA) is 152 Å². The molecule has 0 spiro atoms. The lowest BCUT2D eigenvalue weighted by Gasteiger charge is -2.16. The number of aliphatic hydroxyl groups excluding tert-OH is 1. The zero-order chi connectivity index (χ0) is 19.8. The maximum absolute atomic E-state index is 10.8. The number of fused-ring (bicyclic) bond motifs is 1. The Balaban J connectivity index is 1.78. The van der Waals surface area contributed by atoms with Crippen molar-refractivity contribution in [2.75, 3.05) is 18.3 Å². The molecule has 27 heavy (non-hydrogen) atoms. The predicted octanol–water partition coefficient (Wildman–Crippen LogP) is 1.10. The molecule has 4 N–H and O–H groups in total. The first-order chi connectivity index (χ1) is 12.6. The Labute approximate surface area is 159 Å². The Morgan fingerprint density at radius 2 is 2.22 bits per heavy atom. The number of rotatable bonds is 7. The number of nitrogens with one attached hydrogen (secondary N) is 1. The molecule has 0 aromatic carbocycles. The number of aliphatic hydroxyl groups is 1. The highest BCUT2D eigenvalue weighted by Gasteiger charge is 2.37. The Morgan fingerprint density at radius 3 is 2.89 bits per heavy atom. The second-order valence-corrected chi connectivity index (χ2v) is 8.49. The second kappa shape index (κ2) is 7.96. The summed E-state index contributed by atoms with van der Waals surface area (Å²) in [7, 11) is -4.28. The van der Waals surface area contributed by atoms with Gasteiger partial charge in [0.1, 0.15) is 18.3 Å². The maximum atomic E-state index is 10.8. The normalized spacial score (nSPS) is 23.4. The number of anilines is 1. The molecule has 0 saturated carbocycles. The van der Waals surface area contributed by atoms with Crippen LogP contribution in [0.4, 0.5) is 5.82 Å². The molecule has 0 bridgehead atoms. The molecule has 0 aliphatic carbocycles. The largest absolute Gasteiger partial charge is 0.390 e. The van der Waals surface area contributed by atoms with Crippen molar-refractivity contribution in [3.8, 4) is 0 Å². The SMILES string of the molecule is CC(C)Nc1nc(Cl)nc2c1cnn2[C@H]1C[C@H](O)[C@@H](COCP(=O)(O)O)O1. The zero-order valence-corrected chi connectivity index (χ0v) is 16.3. The van der Waals surface area contributed by atoms with E-state index in [0.29, 0.717) is 16.9 Å². The quantitative estimate of drug-likeness (QED) is 0.377. The second-order valence-electron chi connectivity index (χ2n) is 6.56. The average molecular weight is 422 g/mol. The van der Waals surface area contributed by atoms with Gasteiger partial charge < -0.3 is 29.7 Å². The van der Waals surface area contributed by atoms with Crippen LogP contribution in [0.2, 0.25) is 5.28 Å². The molecule has 3 heterocycles. The molecule has 0 amide bonds. The van der Waals surface area contributed by atoms with Crippen molar-refractivity contribution in [3.05, 3.63) is 11.5 Å². The molecule has 1 aliphatic rings. The van der Waals surface area contributed by atoms with Crippen LogP contribution in [0.1, 0.15) is 26.5 Å². The summed E-state index contributed by atoms with van der Waals surface area (Å²) in [6.45, 7) is 3.77. The lowest BCUT2D eigenvalue weighted by molar-refractivity contribution is -0.0596. The van der Waals surface area contributed by atoms with E-state index in [1.54, 1.807) is 6.20 Å². The molecule has 3 atom stereocenters. The molecule has 0 unspecified atom stereocenters. The third-order valence-corrected chi connectivity index (χ3v) is 4.56. The van der Waals surface area contributed by atoms with E-state index in [-0.39, 0.29) is 24.4 Å². The van der Waals surface area contributed by atoms with E-state index in [1.165, 1.54) is 4.68 Å². The minimum absolute atomic E-state index is 0.0486. The minimum atomic E-state index is -4.28. The number of halogens is 1. The van der Waals surface area contributed by atoms with Crippen molar-refractivity contribution in [1.29, 1.82) is 0 Å². The van der Waals surface area contributed by atoms with Crippen molar-refractivity contribution in [2.24, 2.45) is 0 Å². The van der Waals surface area contributed by atoms with Gasteiger partial charge in [-0.15, -0.1) is 0 Å². The summed E-state index contributed by atoms with van der Waals surface area (Å²) in [6, 6.07) is 0.127. The van der Waals surface area contributed by atoms with Gasteiger partial charge >= 0.3 is 7.60 Å². The highest BCUT2D eigenvalue weighted by Crippen LogP contribution is 2.36. The highest BCUT2D eigenvalue weighted by molar-refractivity contribution is 7.51. The fourth-order valence-electron chi connectivity index (χ4n) is 2.80. The molecule has 1 aliphatic heterocycles. The van der Waals surface area contributed by atoms with E-state index < -0.39 is 32.4 Å². The van der Waals surface area contributed by atoms with E-state index in [1.807, 2.05) is 13.8 Å². The molecule has 11 nitrogen and oxygen atoms in total. The minimum Gasteiger partial charge on any atom is -0.390 e. The molecule has 1 fully saturated rings. The number of ether oxygens (including phenoxy) is 2. The summed E-state index contributed by atoms with van der Waals surface area (Å²) in [5.41, 5.74) is 0.451. The zero-order valence-electron chi connectivity index (χ0n) is 14.7. The van der Waals surface area contributed by atoms with E-state index in [4.69, 9.17) is 30.9 Å². The van der Waals surface area contributed by atoms with E-state index >= 15 is 0 Å². The summed E-state index contributed by atoms with van der Waals surface area (Å²) >= 11 is 6.02. The first-order valence-corrected chi connectivity index (χ1v) is 10.4. The van der Waals surface area contributed by atoms with Gasteiger partial charge in [-0.25, -0.2) is 4.68 Å². The fourth-order valence-corrected chi connectivity index (χ4v) is 3.30. The van der Waals surface area contributed by atoms with Crippen LogP contribution in [0.3, 0.4) is 0 Å². The van der Waals surface area contributed by atoms with Crippen LogP contribution in [0.15, 0.2) is 6.20 Å². The van der Waals surface area contributed by atoms with Crippen LogP contribution in [0, 0.1) is 0 Å². The molecular weight excluding hydrogens is 401 g/mol. The van der Waals surface area contributed by atoms with Crippen LogP contribution < -0.4 is 5.32 Å². The molecule has 150 valence electrons. The number of nitrogens with zero attached hydrogens (tertiary/aromatic N) is 4. The summed E-state index contributed by atoms with van der Waals surface area (Å²) in [6.07, 6.45) is -1.18. The van der Waals surface area contributed by atoms with Crippen molar-refractivity contribution in [2.45, 2.75) is 44.7 Å². The maximum Gasteiger partial charge on any atom is 0.350 e. The van der Waals surface area contributed by atoms with Crippen molar-refractivity contribution < 1.29 is 28.9 Å². The van der Waals surface area contributed by atoms with Gasteiger partial charge in [0.2, 0.25) is 5.28 Å². The van der Waals surface area contributed by atoms with Gasteiger partial charge in [0.05, 0.1) is 24.3 Å². The van der Waals surface area contributed by atoms with E-state index in [0.717, 1.165) is 0 Å². The van der Waals surface area contributed by atoms with Crippen LogP contribution in [0.5, 0.6) is 0 Å². The van der Waals surface area contributed by atoms with E-state index in [9.17, 15) is 9.67 Å². The van der Waals surface area contributed by atoms with Gasteiger partial charge in [0.25, 0.3) is 0 Å². The Hall–Kier alpha value is -1.33. The van der Waals surface area contributed by atoms with Crippen LogP contribution in [-0.2, 0) is 14.0 Å². The average Bonchev–Trinajstić information content (AvgIpc) is 3.09. The van der Waals surface area contributed by atoms with Crippen LogP contribution in [0.25, 0.3) is 11.0 Å². The Bertz CT molecular complexity index is 858. The smallest absolute Gasteiger partial charge is 0.350 e. The van der Waals surface area contributed by atoms with Crippen molar-refractivity contribution >= 4 is 36.0 Å². The van der Waals surface area contributed by atoms with Gasteiger partial charge in [-0.05, 0) is 25.4 Å². The molecule has 1 saturated heterocycles. The third kappa shape index (κ3) is 4.94. The lowest BCUT2D eigenvalue weighted by atomic mass is 10.2. The molecular formula is C14H21ClN5O6P. The Kier molecular flexibility index (Phi) is 6.02. The number of aromatic nitrogens is 4. The Morgan fingerprint density at radius 1 is 1.48 bits per heavy atom. The fraction of sp³-hybridized carbons (Fsp3) is 0.643. The summed E-state index contributed by atoms with van der Waals surface area (Å²) in [5, 5.41) is 18.4. The van der Waals surface area contributed by atoms with Gasteiger partial charge in [0.15, 0.2) is 11.9 Å². The van der Waals surface area contributed by atoms with Gasteiger partial charge in [-0.3, -0.25) is 4.57 Å². The van der Waals surface area contributed by atoms with E-state index in [2.05, 4.69) is 20.4 Å². The summed E-state index contributed by atoms with van der Waals surface area (Å²) < 4.78 is 23.0. The molecule has 3 rings (SSSR count). The number of hydrogen-bond donors (Lipinski definition) is 4. The third-order valence-electron chi connectivity index (χ3n) is 3.87. The summed E-state index contributed by atoms with van der Waals surface area (Å²) in [5.74, 6) is 0.548. The van der Waals surface area contributed by atoms with Gasteiger partial charge in [-0.1, -0.05) is 0 Å². The van der Waals surface area contributed by atoms with Gasteiger partial charge in [-0.2, -0.15) is 15.1 Å².